The number of aliphatic hydroxyl groups is 1. The van der Waals surface area contributed by atoms with Crippen LogP contribution in [-0.2, 0) is 0 Å². The molecule has 1 saturated carbocycles. The minimum Gasteiger partial charge on any atom is -0.504 e. The van der Waals surface area contributed by atoms with E-state index in [1.165, 1.54) is 13.2 Å². The first-order valence-electron chi connectivity index (χ1n) is 6.48. The molecule has 19 heavy (non-hydrogen) atoms. The molecule has 2 rings (SSSR count). The summed E-state index contributed by atoms with van der Waals surface area (Å²) in [4.78, 5) is 12.1. The second kappa shape index (κ2) is 5.93. The predicted octanol–water partition coefficient (Wildman–Crippen LogP) is 1.43. The van der Waals surface area contributed by atoms with Crippen LogP contribution in [0.15, 0.2) is 18.2 Å². The number of rotatable bonds is 3. The van der Waals surface area contributed by atoms with Crippen LogP contribution in [0.25, 0.3) is 0 Å². The number of amides is 1. The summed E-state index contributed by atoms with van der Waals surface area (Å²) in [6, 6.07) is 4.52. The minimum absolute atomic E-state index is 0.164. The smallest absolute Gasteiger partial charge is 0.255 e. The van der Waals surface area contributed by atoms with Crippen LogP contribution < -0.4 is 10.1 Å². The lowest BCUT2D eigenvalue weighted by atomic mass is 9.92. The number of hydrogen-bond acceptors (Lipinski definition) is 4. The largest absolute Gasteiger partial charge is 0.504 e. The SMILES string of the molecule is COc1cccc(C(=O)N[C@@H]2CCCC[C@H]2O)c1O. The van der Waals surface area contributed by atoms with Gasteiger partial charge in [-0.2, -0.15) is 0 Å². The molecule has 0 heterocycles. The van der Waals surface area contributed by atoms with E-state index >= 15 is 0 Å². The highest BCUT2D eigenvalue weighted by atomic mass is 16.5. The minimum atomic E-state index is -0.509. The highest BCUT2D eigenvalue weighted by molar-refractivity contribution is 5.97. The number of nitrogens with one attached hydrogen (secondary N) is 1. The maximum absolute atomic E-state index is 12.1. The van der Waals surface area contributed by atoms with E-state index in [1.807, 2.05) is 0 Å². The lowest BCUT2D eigenvalue weighted by molar-refractivity contribution is 0.0715. The quantitative estimate of drug-likeness (QED) is 0.772. The Kier molecular flexibility index (Phi) is 4.27. The maximum Gasteiger partial charge on any atom is 0.255 e. The van der Waals surface area contributed by atoms with E-state index < -0.39 is 6.10 Å². The number of para-hydroxylation sites is 1. The fourth-order valence-electron chi connectivity index (χ4n) is 2.40. The van der Waals surface area contributed by atoms with Gasteiger partial charge < -0.3 is 20.3 Å². The van der Waals surface area contributed by atoms with Gasteiger partial charge in [-0.1, -0.05) is 18.9 Å². The van der Waals surface area contributed by atoms with Gasteiger partial charge in [-0.3, -0.25) is 4.79 Å². The van der Waals surface area contributed by atoms with Crippen molar-refractivity contribution in [2.45, 2.75) is 37.8 Å². The zero-order valence-electron chi connectivity index (χ0n) is 10.9. The third-order valence-corrected chi connectivity index (χ3v) is 3.51. The zero-order chi connectivity index (χ0) is 13.8. The lowest BCUT2D eigenvalue weighted by Crippen LogP contribution is -2.45. The number of aromatic hydroxyl groups is 1. The van der Waals surface area contributed by atoms with E-state index in [4.69, 9.17) is 4.74 Å². The molecular weight excluding hydrogens is 246 g/mol. The summed E-state index contributed by atoms with van der Waals surface area (Å²) in [5, 5.41) is 22.5. The van der Waals surface area contributed by atoms with Crippen molar-refractivity contribution >= 4 is 5.91 Å². The van der Waals surface area contributed by atoms with Crippen LogP contribution in [0.3, 0.4) is 0 Å². The van der Waals surface area contributed by atoms with Crippen LogP contribution in [0, 0.1) is 0 Å². The fourth-order valence-corrected chi connectivity index (χ4v) is 2.40. The Morgan fingerprint density at radius 1 is 1.37 bits per heavy atom. The van der Waals surface area contributed by atoms with Gasteiger partial charge in [0.25, 0.3) is 5.91 Å². The zero-order valence-corrected chi connectivity index (χ0v) is 10.9. The maximum atomic E-state index is 12.1. The molecule has 3 N–H and O–H groups in total. The van der Waals surface area contributed by atoms with Crippen LogP contribution in [0.1, 0.15) is 36.0 Å². The Labute approximate surface area is 112 Å². The van der Waals surface area contributed by atoms with Crippen molar-refractivity contribution in [1.29, 1.82) is 0 Å². The summed E-state index contributed by atoms with van der Waals surface area (Å²) >= 11 is 0. The van der Waals surface area contributed by atoms with Gasteiger partial charge in [0, 0.05) is 0 Å². The number of ether oxygens (including phenoxy) is 1. The number of aliphatic hydroxyl groups excluding tert-OH is 1. The monoisotopic (exact) mass is 265 g/mol. The van der Waals surface area contributed by atoms with Gasteiger partial charge >= 0.3 is 0 Å². The standard InChI is InChI=1S/C14H19NO4/c1-19-12-8-4-5-9(13(12)17)14(18)15-10-6-2-3-7-11(10)16/h4-5,8,10-11,16-17H,2-3,6-7H2,1H3,(H,15,18)/t10-,11-/m1/s1. The molecule has 0 radical (unpaired) electrons. The Morgan fingerprint density at radius 2 is 2.11 bits per heavy atom. The van der Waals surface area contributed by atoms with Crippen molar-refractivity contribution in [3.05, 3.63) is 23.8 Å². The first-order valence-corrected chi connectivity index (χ1v) is 6.48. The van der Waals surface area contributed by atoms with Crippen molar-refractivity contribution in [3.8, 4) is 11.5 Å². The number of carbonyl (C=O) groups is 1. The van der Waals surface area contributed by atoms with E-state index in [0.717, 1.165) is 19.3 Å². The Balaban J connectivity index is 2.11. The molecule has 1 amide bonds. The molecule has 1 fully saturated rings. The van der Waals surface area contributed by atoms with Gasteiger partial charge in [0.15, 0.2) is 11.5 Å². The Hall–Kier alpha value is -1.75. The van der Waals surface area contributed by atoms with Crippen LogP contribution in [0.2, 0.25) is 0 Å². The number of methoxy groups -OCH3 is 1. The first kappa shape index (κ1) is 13.7. The third kappa shape index (κ3) is 2.98. The highest BCUT2D eigenvalue weighted by Crippen LogP contribution is 2.29. The summed E-state index contributed by atoms with van der Waals surface area (Å²) in [6.45, 7) is 0. The van der Waals surface area contributed by atoms with E-state index in [9.17, 15) is 15.0 Å². The van der Waals surface area contributed by atoms with Gasteiger partial charge in [0.05, 0.1) is 24.8 Å². The molecule has 1 aliphatic carbocycles. The fraction of sp³-hybridized carbons (Fsp3) is 0.500. The third-order valence-electron chi connectivity index (χ3n) is 3.51. The number of hydrogen-bond donors (Lipinski definition) is 3. The summed E-state index contributed by atoms with van der Waals surface area (Å²) in [6.07, 6.45) is 2.93. The van der Waals surface area contributed by atoms with Crippen LogP contribution in [-0.4, -0.2) is 35.4 Å². The Bertz CT molecular complexity index is 461. The van der Waals surface area contributed by atoms with Crippen molar-refractivity contribution in [2.24, 2.45) is 0 Å². The molecule has 0 spiro atoms. The molecular formula is C14H19NO4. The van der Waals surface area contributed by atoms with Crippen LogP contribution in [0.5, 0.6) is 11.5 Å². The molecule has 104 valence electrons. The molecule has 1 aliphatic rings. The average molecular weight is 265 g/mol. The summed E-state index contributed by atoms with van der Waals surface area (Å²) in [7, 11) is 1.43. The van der Waals surface area contributed by atoms with Gasteiger partial charge in [-0.05, 0) is 25.0 Å². The normalized spacial score (nSPS) is 22.8. The molecule has 2 atom stereocenters. The van der Waals surface area contributed by atoms with Crippen molar-refractivity contribution in [3.63, 3.8) is 0 Å². The molecule has 0 aliphatic heterocycles. The van der Waals surface area contributed by atoms with Gasteiger partial charge in [0.2, 0.25) is 0 Å². The Morgan fingerprint density at radius 3 is 2.79 bits per heavy atom. The summed E-state index contributed by atoms with van der Waals surface area (Å²) in [5.41, 5.74) is 0.164. The molecule has 0 bridgehead atoms. The molecule has 0 unspecified atom stereocenters. The molecule has 0 aromatic heterocycles. The predicted molar refractivity (Wildman–Crippen MR) is 70.4 cm³/mol. The second-order valence-electron chi connectivity index (χ2n) is 4.79. The number of phenolic OH excluding ortho intramolecular Hbond substituents is 1. The van der Waals surface area contributed by atoms with Crippen molar-refractivity contribution in [1.82, 2.24) is 5.32 Å². The van der Waals surface area contributed by atoms with Gasteiger partial charge in [-0.15, -0.1) is 0 Å². The van der Waals surface area contributed by atoms with Gasteiger partial charge in [-0.25, -0.2) is 0 Å². The molecule has 5 heteroatoms. The number of phenols is 1. The molecule has 5 nitrogen and oxygen atoms in total. The molecule has 0 saturated heterocycles. The van der Waals surface area contributed by atoms with Crippen LogP contribution in [0.4, 0.5) is 0 Å². The average Bonchev–Trinajstić information content (AvgIpc) is 2.41. The van der Waals surface area contributed by atoms with Crippen molar-refractivity contribution < 1.29 is 19.7 Å². The summed E-state index contributed by atoms with van der Waals surface area (Å²) < 4.78 is 4.97. The van der Waals surface area contributed by atoms with E-state index in [1.54, 1.807) is 12.1 Å². The molecule has 1 aromatic rings. The van der Waals surface area contributed by atoms with Crippen molar-refractivity contribution in [2.75, 3.05) is 7.11 Å². The first-order chi connectivity index (χ1) is 9.13. The van der Waals surface area contributed by atoms with E-state index in [-0.39, 0.29) is 29.0 Å². The topological polar surface area (TPSA) is 78.8 Å². The number of benzene rings is 1. The van der Waals surface area contributed by atoms with E-state index in [2.05, 4.69) is 5.32 Å². The van der Waals surface area contributed by atoms with Gasteiger partial charge in [0.1, 0.15) is 0 Å². The van der Waals surface area contributed by atoms with Crippen LogP contribution >= 0.6 is 0 Å². The highest BCUT2D eigenvalue weighted by Gasteiger charge is 2.26. The second-order valence-corrected chi connectivity index (χ2v) is 4.79. The summed E-state index contributed by atoms with van der Waals surface area (Å²) in [5.74, 6) is -0.299. The molecule has 1 aromatic carbocycles. The number of carbonyl (C=O) groups excluding carboxylic acids is 1. The van der Waals surface area contributed by atoms with E-state index in [0.29, 0.717) is 6.42 Å². The lowest BCUT2D eigenvalue weighted by Gasteiger charge is -2.28.